The molecule has 2 aromatic rings. The first-order valence-corrected chi connectivity index (χ1v) is 5.91. The van der Waals surface area contributed by atoms with Crippen LogP contribution in [0.5, 0.6) is 0 Å². The van der Waals surface area contributed by atoms with Crippen LogP contribution in [0.3, 0.4) is 0 Å². The molecule has 9 heteroatoms. The number of aromatic amines is 1. The fourth-order valence-electron chi connectivity index (χ4n) is 1.07. The van der Waals surface area contributed by atoms with Crippen molar-refractivity contribution in [3.05, 3.63) is 24.6 Å². The van der Waals surface area contributed by atoms with E-state index < -0.39 is 10.0 Å². The Labute approximate surface area is 91.1 Å². The molecule has 86 valence electrons. The van der Waals surface area contributed by atoms with E-state index in [0.717, 1.165) is 0 Å². The second-order valence-electron chi connectivity index (χ2n) is 2.92. The molecule has 0 unspecified atom stereocenters. The van der Waals surface area contributed by atoms with Gasteiger partial charge in [-0.15, -0.1) is 0 Å². The van der Waals surface area contributed by atoms with Crippen LogP contribution in [0.1, 0.15) is 5.89 Å². The molecule has 0 fully saturated rings. The number of nitrogens with one attached hydrogen (secondary N) is 2. The third-order valence-electron chi connectivity index (χ3n) is 1.82. The summed E-state index contributed by atoms with van der Waals surface area (Å²) in [6.45, 7) is 0.190. The van der Waals surface area contributed by atoms with Gasteiger partial charge in [-0.05, 0) is 0 Å². The fourth-order valence-corrected chi connectivity index (χ4v) is 2.00. The van der Waals surface area contributed by atoms with Crippen molar-refractivity contribution in [2.45, 2.75) is 11.3 Å². The van der Waals surface area contributed by atoms with Gasteiger partial charge in [-0.25, -0.2) is 13.1 Å². The third kappa shape index (κ3) is 2.44. The predicted molar refractivity (Wildman–Crippen MR) is 51.8 cm³/mol. The van der Waals surface area contributed by atoms with Crippen LogP contribution >= 0.6 is 0 Å². The van der Waals surface area contributed by atoms with Crippen LogP contribution in [0, 0.1) is 0 Å². The molecule has 2 N–H and O–H groups in total. The lowest BCUT2D eigenvalue weighted by atomic mass is 10.4. The molecule has 2 heterocycles. The summed E-state index contributed by atoms with van der Waals surface area (Å²) in [5.74, 6) is 0.384. The highest BCUT2D eigenvalue weighted by Crippen LogP contribution is 2.03. The normalized spacial score (nSPS) is 11.8. The molecule has 0 atom stereocenters. The number of aromatic nitrogens is 4. The molecule has 0 amide bonds. The predicted octanol–water partition coefficient (Wildman–Crippen LogP) is -0.686. The molecule has 0 spiro atoms. The Kier molecular flexibility index (Phi) is 2.97. The summed E-state index contributed by atoms with van der Waals surface area (Å²) < 4.78 is 30.3. The average molecular weight is 243 g/mol. The molecule has 0 aliphatic carbocycles. The number of rotatable bonds is 5. The van der Waals surface area contributed by atoms with E-state index in [2.05, 4.69) is 25.1 Å². The molecule has 0 saturated heterocycles. The lowest BCUT2D eigenvalue weighted by Crippen LogP contribution is -2.25. The summed E-state index contributed by atoms with van der Waals surface area (Å²) >= 11 is 0. The van der Waals surface area contributed by atoms with Crippen LogP contribution in [0.15, 0.2) is 28.1 Å². The smallest absolute Gasteiger partial charge is 0.243 e. The van der Waals surface area contributed by atoms with E-state index in [0.29, 0.717) is 12.3 Å². The zero-order valence-corrected chi connectivity index (χ0v) is 8.94. The maximum absolute atomic E-state index is 11.6. The van der Waals surface area contributed by atoms with E-state index >= 15 is 0 Å². The van der Waals surface area contributed by atoms with E-state index in [1.165, 1.54) is 18.7 Å². The minimum absolute atomic E-state index is 0.0954. The molecule has 0 radical (unpaired) electrons. The van der Waals surface area contributed by atoms with Gasteiger partial charge in [0.25, 0.3) is 0 Å². The van der Waals surface area contributed by atoms with Crippen molar-refractivity contribution in [3.8, 4) is 0 Å². The van der Waals surface area contributed by atoms with Crippen LogP contribution in [0.4, 0.5) is 0 Å². The summed E-state index contributed by atoms with van der Waals surface area (Å²) in [6.07, 6.45) is 4.14. The van der Waals surface area contributed by atoms with Gasteiger partial charge in [-0.2, -0.15) is 10.1 Å². The largest absolute Gasteiger partial charge is 0.340 e. The van der Waals surface area contributed by atoms with Crippen LogP contribution < -0.4 is 4.72 Å². The van der Waals surface area contributed by atoms with Crippen molar-refractivity contribution in [2.24, 2.45) is 0 Å². The lowest BCUT2D eigenvalue weighted by molar-refractivity contribution is 0.377. The van der Waals surface area contributed by atoms with Gasteiger partial charge in [0.15, 0.2) is 6.33 Å². The van der Waals surface area contributed by atoms with Crippen LogP contribution in [0.2, 0.25) is 0 Å². The monoisotopic (exact) mass is 243 g/mol. The summed E-state index contributed by atoms with van der Waals surface area (Å²) in [5.41, 5.74) is 0. The second-order valence-corrected chi connectivity index (χ2v) is 4.68. The molecule has 0 bridgehead atoms. The summed E-state index contributed by atoms with van der Waals surface area (Å²) in [7, 11) is -3.50. The molecule has 0 aromatic carbocycles. The standard InChI is InChI=1S/C7H9N5O3S/c13-16(14,6-3-9-10-4-6)12-2-1-7-8-5-11-15-7/h3-5,12H,1-2H2,(H,9,10). The van der Waals surface area contributed by atoms with Crippen molar-refractivity contribution in [1.82, 2.24) is 25.1 Å². The maximum Gasteiger partial charge on any atom is 0.243 e. The van der Waals surface area contributed by atoms with Crippen molar-refractivity contribution in [2.75, 3.05) is 6.54 Å². The lowest BCUT2D eigenvalue weighted by Gasteiger charge is -2.01. The Morgan fingerprint density at radius 3 is 3.00 bits per heavy atom. The van der Waals surface area contributed by atoms with Gasteiger partial charge in [0.2, 0.25) is 15.9 Å². The first-order chi connectivity index (χ1) is 7.68. The highest BCUT2D eigenvalue weighted by molar-refractivity contribution is 7.89. The molecule has 8 nitrogen and oxygen atoms in total. The first-order valence-electron chi connectivity index (χ1n) is 4.42. The molecule has 0 aliphatic heterocycles. The highest BCUT2D eigenvalue weighted by Gasteiger charge is 2.14. The molecule has 2 rings (SSSR count). The SMILES string of the molecule is O=S(=O)(NCCc1ncno1)c1cn[nH]c1. The maximum atomic E-state index is 11.6. The van der Waals surface area contributed by atoms with Gasteiger partial charge in [0.1, 0.15) is 4.90 Å². The molecule has 2 aromatic heterocycles. The zero-order chi connectivity index (χ0) is 11.4. The third-order valence-corrected chi connectivity index (χ3v) is 3.25. The van der Waals surface area contributed by atoms with E-state index in [-0.39, 0.29) is 11.4 Å². The molecule has 16 heavy (non-hydrogen) atoms. The minimum atomic E-state index is -3.50. The molecule has 0 saturated carbocycles. The van der Waals surface area contributed by atoms with E-state index in [1.807, 2.05) is 0 Å². The number of hydrogen-bond donors (Lipinski definition) is 2. The number of hydrogen-bond acceptors (Lipinski definition) is 6. The number of H-pyrrole nitrogens is 1. The Hall–Kier alpha value is -1.74. The van der Waals surface area contributed by atoms with Gasteiger partial charge in [-0.1, -0.05) is 5.16 Å². The van der Waals surface area contributed by atoms with Gasteiger partial charge < -0.3 is 4.52 Å². The Morgan fingerprint density at radius 2 is 2.38 bits per heavy atom. The second kappa shape index (κ2) is 4.41. The van der Waals surface area contributed by atoms with E-state index in [4.69, 9.17) is 4.52 Å². The van der Waals surface area contributed by atoms with E-state index in [9.17, 15) is 8.42 Å². The topological polar surface area (TPSA) is 114 Å². The van der Waals surface area contributed by atoms with Crippen molar-refractivity contribution >= 4 is 10.0 Å². The van der Waals surface area contributed by atoms with Gasteiger partial charge in [0.05, 0.1) is 6.20 Å². The number of sulfonamides is 1. The van der Waals surface area contributed by atoms with Gasteiger partial charge in [0, 0.05) is 19.2 Å². The Morgan fingerprint density at radius 1 is 1.50 bits per heavy atom. The summed E-state index contributed by atoms with van der Waals surface area (Å²) in [5, 5.41) is 9.40. The summed E-state index contributed by atoms with van der Waals surface area (Å²) in [6, 6.07) is 0. The minimum Gasteiger partial charge on any atom is -0.340 e. The molecule has 0 aliphatic rings. The average Bonchev–Trinajstić information content (AvgIpc) is 2.90. The Balaban J connectivity index is 1.91. The van der Waals surface area contributed by atoms with Gasteiger partial charge >= 0.3 is 0 Å². The van der Waals surface area contributed by atoms with Crippen molar-refractivity contribution < 1.29 is 12.9 Å². The highest BCUT2D eigenvalue weighted by atomic mass is 32.2. The number of nitrogens with zero attached hydrogens (tertiary/aromatic N) is 3. The van der Waals surface area contributed by atoms with Crippen LogP contribution in [0.25, 0.3) is 0 Å². The first kappa shape index (κ1) is 10.8. The quantitative estimate of drug-likeness (QED) is 0.718. The molecular formula is C7H9N5O3S. The van der Waals surface area contributed by atoms with Crippen molar-refractivity contribution in [3.63, 3.8) is 0 Å². The van der Waals surface area contributed by atoms with Gasteiger partial charge in [-0.3, -0.25) is 5.10 Å². The fraction of sp³-hybridized carbons (Fsp3) is 0.286. The van der Waals surface area contributed by atoms with Crippen LogP contribution in [-0.4, -0.2) is 35.3 Å². The Bertz CT molecular complexity index is 518. The zero-order valence-electron chi connectivity index (χ0n) is 8.12. The van der Waals surface area contributed by atoms with Crippen molar-refractivity contribution in [1.29, 1.82) is 0 Å². The summed E-state index contributed by atoms with van der Waals surface area (Å²) in [4.78, 5) is 3.86. The van der Waals surface area contributed by atoms with E-state index in [1.54, 1.807) is 0 Å². The molecular weight excluding hydrogens is 234 g/mol. The van der Waals surface area contributed by atoms with Crippen LogP contribution in [-0.2, 0) is 16.4 Å².